The second-order valence-corrected chi connectivity index (χ2v) is 6.85. The number of fused-ring (bicyclic) bond motifs is 1. The Kier molecular flexibility index (Phi) is 4.40. The highest BCUT2D eigenvalue weighted by molar-refractivity contribution is 9.10. The van der Waals surface area contributed by atoms with Crippen LogP contribution in [0.25, 0.3) is 22.2 Å². The maximum atomic E-state index is 10.3. The van der Waals surface area contributed by atoms with Crippen LogP contribution in [0.5, 0.6) is 5.75 Å². The van der Waals surface area contributed by atoms with Gasteiger partial charge in [0.1, 0.15) is 5.75 Å². The van der Waals surface area contributed by atoms with E-state index in [0.29, 0.717) is 16.2 Å². The van der Waals surface area contributed by atoms with E-state index in [-0.39, 0.29) is 5.75 Å². The number of rotatable bonds is 3. The number of nitrogens with zero attached hydrogens (tertiary/aromatic N) is 3. The van der Waals surface area contributed by atoms with Crippen LogP contribution < -0.4 is 0 Å². The fourth-order valence-electron chi connectivity index (χ4n) is 2.75. The molecule has 2 N–H and O–H groups in total. The Labute approximate surface area is 162 Å². The van der Waals surface area contributed by atoms with Crippen LogP contribution in [0, 0.1) is 4.77 Å². The number of H-pyrrole nitrogens is 1. The van der Waals surface area contributed by atoms with Crippen molar-refractivity contribution < 1.29 is 5.11 Å². The van der Waals surface area contributed by atoms with E-state index in [9.17, 15) is 5.11 Å². The van der Waals surface area contributed by atoms with Gasteiger partial charge >= 0.3 is 0 Å². The molecule has 0 saturated carbocycles. The molecular formula is C19H13BrN4OS. The molecule has 4 aromatic rings. The summed E-state index contributed by atoms with van der Waals surface area (Å²) in [5.41, 5.74) is 1.49. The van der Waals surface area contributed by atoms with Gasteiger partial charge in [-0.15, -0.1) is 0 Å². The van der Waals surface area contributed by atoms with E-state index in [4.69, 9.17) is 12.2 Å². The smallest absolute Gasteiger partial charge is 0.216 e. The number of benzene rings is 3. The third-order valence-electron chi connectivity index (χ3n) is 4.02. The number of aromatic hydroxyl groups is 1. The van der Waals surface area contributed by atoms with Crippen molar-refractivity contribution in [1.29, 1.82) is 0 Å². The zero-order valence-corrected chi connectivity index (χ0v) is 15.8. The summed E-state index contributed by atoms with van der Waals surface area (Å²) >= 11 is 8.84. The Morgan fingerprint density at radius 3 is 2.69 bits per heavy atom. The Morgan fingerprint density at radius 2 is 1.85 bits per heavy atom. The van der Waals surface area contributed by atoms with E-state index in [1.165, 1.54) is 4.68 Å². The van der Waals surface area contributed by atoms with Gasteiger partial charge in [-0.2, -0.15) is 14.9 Å². The van der Waals surface area contributed by atoms with E-state index in [1.54, 1.807) is 12.3 Å². The molecule has 1 aromatic heterocycles. The van der Waals surface area contributed by atoms with Gasteiger partial charge in [0, 0.05) is 15.6 Å². The second kappa shape index (κ2) is 6.86. The average Bonchev–Trinajstić information content (AvgIpc) is 3.02. The lowest BCUT2D eigenvalue weighted by Gasteiger charge is -2.06. The number of halogens is 1. The first-order valence-electron chi connectivity index (χ1n) is 7.82. The first-order chi connectivity index (χ1) is 12.6. The van der Waals surface area contributed by atoms with Gasteiger partial charge in [-0.05, 0) is 41.2 Å². The number of hydrogen-bond donors (Lipinski definition) is 2. The third kappa shape index (κ3) is 2.95. The zero-order valence-electron chi connectivity index (χ0n) is 13.4. The monoisotopic (exact) mass is 424 g/mol. The molecule has 0 fully saturated rings. The van der Waals surface area contributed by atoms with Crippen molar-refractivity contribution in [2.24, 2.45) is 5.10 Å². The molecule has 0 atom stereocenters. The lowest BCUT2D eigenvalue weighted by Crippen LogP contribution is -1.96. The fraction of sp³-hybridized carbons (Fsp3) is 0. The van der Waals surface area contributed by atoms with Crippen molar-refractivity contribution in [2.75, 3.05) is 0 Å². The SMILES string of the molecule is Oc1ccc2ccccc2c1C=Nn1c(-c2ccccc2Br)n[nH]c1=S. The average molecular weight is 425 g/mol. The quantitative estimate of drug-likeness (QED) is 0.354. The Hall–Kier alpha value is -2.77. The second-order valence-electron chi connectivity index (χ2n) is 5.61. The molecule has 128 valence electrons. The van der Waals surface area contributed by atoms with Crippen LogP contribution in [0.4, 0.5) is 0 Å². The van der Waals surface area contributed by atoms with E-state index in [2.05, 4.69) is 31.2 Å². The van der Waals surface area contributed by atoms with Gasteiger partial charge in [-0.1, -0.05) is 58.4 Å². The first-order valence-corrected chi connectivity index (χ1v) is 9.02. The lowest BCUT2D eigenvalue weighted by molar-refractivity contribution is 0.475. The standard InChI is InChI=1S/C19H13BrN4OS/c20-16-8-4-3-7-14(16)18-22-23-19(26)24(18)21-11-15-13-6-2-1-5-12(13)9-10-17(15)25/h1-11,25H,(H,23,26). The maximum Gasteiger partial charge on any atom is 0.216 e. The van der Waals surface area contributed by atoms with Gasteiger partial charge < -0.3 is 5.11 Å². The minimum atomic E-state index is 0.157. The van der Waals surface area contributed by atoms with Crippen LogP contribution in [0.3, 0.4) is 0 Å². The molecule has 0 spiro atoms. The highest BCUT2D eigenvalue weighted by Gasteiger charge is 2.11. The molecule has 1 heterocycles. The third-order valence-corrected chi connectivity index (χ3v) is 4.97. The van der Waals surface area contributed by atoms with E-state index in [0.717, 1.165) is 20.8 Å². The summed E-state index contributed by atoms with van der Waals surface area (Å²) in [5, 5.41) is 23.7. The Bertz CT molecular complexity index is 1200. The largest absolute Gasteiger partial charge is 0.507 e. The molecule has 0 aliphatic rings. The van der Waals surface area contributed by atoms with Crippen molar-refractivity contribution in [3.05, 3.63) is 75.5 Å². The number of phenolic OH excluding ortho intramolecular Hbond substituents is 1. The van der Waals surface area contributed by atoms with Gasteiger partial charge in [0.25, 0.3) is 0 Å². The number of hydrogen-bond acceptors (Lipinski definition) is 4. The van der Waals surface area contributed by atoms with Crippen LogP contribution in [-0.2, 0) is 0 Å². The minimum Gasteiger partial charge on any atom is -0.507 e. The maximum absolute atomic E-state index is 10.3. The molecule has 4 rings (SSSR count). The van der Waals surface area contributed by atoms with Crippen molar-refractivity contribution in [1.82, 2.24) is 14.9 Å². The fourth-order valence-corrected chi connectivity index (χ4v) is 3.39. The lowest BCUT2D eigenvalue weighted by atomic mass is 10.0. The topological polar surface area (TPSA) is 66.2 Å². The highest BCUT2D eigenvalue weighted by Crippen LogP contribution is 2.28. The summed E-state index contributed by atoms with van der Waals surface area (Å²) in [6.07, 6.45) is 1.60. The summed E-state index contributed by atoms with van der Waals surface area (Å²) in [4.78, 5) is 0. The van der Waals surface area contributed by atoms with Crippen LogP contribution in [0.15, 0.2) is 70.2 Å². The first kappa shape index (κ1) is 16.7. The van der Waals surface area contributed by atoms with Gasteiger partial charge in [-0.3, -0.25) is 0 Å². The van der Waals surface area contributed by atoms with Gasteiger partial charge in [0.15, 0.2) is 5.82 Å². The van der Waals surface area contributed by atoms with Gasteiger partial charge in [-0.25, -0.2) is 5.10 Å². The molecule has 0 aliphatic carbocycles. The molecule has 0 radical (unpaired) electrons. The Balaban J connectivity index is 1.85. The van der Waals surface area contributed by atoms with Gasteiger partial charge in [0.2, 0.25) is 4.77 Å². The van der Waals surface area contributed by atoms with E-state index < -0.39 is 0 Å². The molecule has 3 aromatic carbocycles. The van der Waals surface area contributed by atoms with Crippen LogP contribution in [0.1, 0.15) is 5.56 Å². The Morgan fingerprint density at radius 1 is 1.08 bits per heavy atom. The summed E-state index contributed by atoms with van der Waals surface area (Å²) in [6, 6.07) is 19.0. The van der Waals surface area contributed by atoms with Crippen molar-refractivity contribution in [3.8, 4) is 17.1 Å². The summed E-state index contributed by atoms with van der Waals surface area (Å²) in [5.74, 6) is 0.739. The number of aromatic nitrogens is 3. The molecular weight excluding hydrogens is 412 g/mol. The molecule has 0 amide bonds. The van der Waals surface area contributed by atoms with Crippen molar-refractivity contribution >= 4 is 45.1 Å². The molecule has 0 aliphatic heterocycles. The summed E-state index contributed by atoms with van der Waals surface area (Å²) in [6.45, 7) is 0. The predicted molar refractivity (Wildman–Crippen MR) is 109 cm³/mol. The van der Waals surface area contributed by atoms with E-state index >= 15 is 0 Å². The number of phenols is 1. The minimum absolute atomic E-state index is 0.157. The number of aromatic amines is 1. The van der Waals surface area contributed by atoms with E-state index in [1.807, 2.05) is 54.6 Å². The predicted octanol–water partition coefficient (Wildman–Crippen LogP) is 5.11. The molecule has 0 bridgehead atoms. The van der Waals surface area contributed by atoms with Crippen molar-refractivity contribution in [2.45, 2.75) is 0 Å². The molecule has 7 heteroatoms. The van der Waals surface area contributed by atoms with Crippen LogP contribution in [0.2, 0.25) is 0 Å². The normalized spacial score (nSPS) is 11.4. The van der Waals surface area contributed by atoms with Crippen LogP contribution in [-0.4, -0.2) is 26.2 Å². The highest BCUT2D eigenvalue weighted by atomic mass is 79.9. The summed E-state index contributed by atoms with van der Waals surface area (Å²) in [7, 11) is 0. The molecule has 26 heavy (non-hydrogen) atoms. The molecule has 5 nitrogen and oxygen atoms in total. The molecule has 0 saturated heterocycles. The molecule has 0 unspecified atom stereocenters. The van der Waals surface area contributed by atoms with Crippen LogP contribution >= 0.6 is 28.1 Å². The number of nitrogens with one attached hydrogen (secondary N) is 1. The van der Waals surface area contributed by atoms with Gasteiger partial charge in [0.05, 0.1) is 6.21 Å². The summed E-state index contributed by atoms with van der Waals surface area (Å²) < 4.78 is 2.79. The van der Waals surface area contributed by atoms with Crippen molar-refractivity contribution in [3.63, 3.8) is 0 Å². The zero-order chi connectivity index (χ0) is 18.1.